The summed E-state index contributed by atoms with van der Waals surface area (Å²) in [7, 11) is 0. The van der Waals surface area contributed by atoms with Crippen LogP contribution < -0.4 is 0 Å². The van der Waals surface area contributed by atoms with Gasteiger partial charge < -0.3 is 14.2 Å². The Kier molecular flexibility index (Phi) is 7.62. The smallest absolute Gasteiger partial charge is 0.304 e. The zero-order valence-electron chi connectivity index (χ0n) is 9.45. The molecular formula is C10H18O5. The minimum atomic E-state index is -0.359. The van der Waals surface area contributed by atoms with Gasteiger partial charge in [-0.05, 0) is 19.8 Å². The first-order valence-electron chi connectivity index (χ1n) is 4.90. The summed E-state index contributed by atoms with van der Waals surface area (Å²) in [4.78, 5) is 20.8. The Bertz CT molecular complexity index is 202. The first-order chi connectivity index (χ1) is 7.02. The van der Waals surface area contributed by atoms with Gasteiger partial charge in [0.1, 0.15) is 0 Å². The highest BCUT2D eigenvalue weighted by molar-refractivity contribution is 5.66. The molecule has 15 heavy (non-hydrogen) atoms. The molecule has 0 saturated carbocycles. The summed E-state index contributed by atoms with van der Waals surface area (Å²) in [6.45, 7) is 4.95. The standard InChI is InChI=1S/C10H18O5/c1-8(14-7-15-10(3)12)5-4-6-13-9(2)11/h8H,4-7H2,1-3H3. The maximum atomic E-state index is 10.4. The molecule has 1 unspecified atom stereocenters. The molecule has 0 aliphatic carbocycles. The first kappa shape index (κ1) is 13.9. The monoisotopic (exact) mass is 218 g/mol. The molecule has 0 bridgehead atoms. The first-order valence-corrected chi connectivity index (χ1v) is 4.90. The van der Waals surface area contributed by atoms with Gasteiger partial charge in [-0.3, -0.25) is 9.59 Å². The van der Waals surface area contributed by atoms with Crippen molar-refractivity contribution in [2.24, 2.45) is 0 Å². The molecule has 88 valence electrons. The van der Waals surface area contributed by atoms with Crippen molar-refractivity contribution >= 4 is 11.9 Å². The van der Waals surface area contributed by atoms with Crippen LogP contribution in [0.25, 0.3) is 0 Å². The fraction of sp³-hybridized carbons (Fsp3) is 0.800. The van der Waals surface area contributed by atoms with E-state index >= 15 is 0 Å². The summed E-state index contributed by atoms with van der Waals surface area (Å²) in [5.41, 5.74) is 0. The van der Waals surface area contributed by atoms with Gasteiger partial charge in [0.05, 0.1) is 12.7 Å². The van der Waals surface area contributed by atoms with Gasteiger partial charge in [0, 0.05) is 13.8 Å². The largest absolute Gasteiger partial charge is 0.466 e. The van der Waals surface area contributed by atoms with Gasteiger partial charge in [-0.2, -0.15) is 0 Å². The number of hydrogen-bond acceptors (Lipinski definition) is 5. The quantitative estimate of drug-likeness (QED) is 0.365. The lowest BCUT2D eigenvalue weighted by molar-refractivity contribution is -0.158. The van der Waals surface area contributed by atoms with E-state index in [2.05, 4.69) is 4.74 Å². The number of esters is 2. The van der Waals surface area contributed by atoms with Crippen LogP contribution in [0, 0.1) is 0 Å². The van der Waals surface area contributed by atoms with Crippen LogP contribution in [-0.2, 0) is 23.8 Å². The van der Waals surface area contributed by atoms with E-state index in [1.165, 1.54) is 13.8 Å². The van der Waals surface area contributed by atoms with Crippen molar-refractivity contribution in [3.63, 3.8) is 0 Å². The summed E-state index contributed by atoms with van der Waals surface area (Å²) >= 11 is 0. The van der Waals surface area contributed by atoms with E-state index in [0.717, 1.165) is 12.8 Å². The van der Waals surface area contributed by atoms with Gasteiger partial charge >= 0.3 is 11.9 Å². The number of carbonyl (C=O) groups is 2. The maximum absolute atomic E-state index is 10.4. The lowest BCUT2D eigenvalue weighted by Gasteiger charge is -2.12. The Morgan fingerprint density at radius 3 is 2.27 bits per heavy atom. The molecule has 0 aliphatic rings. The third-order valence-corrected chi connectivity index (χ3v) is 1.68. The summed E-state index contributed by atoms with van der Waals surface area (Å²) < 4.78 is 14.5. The van der Waals surface area contributed by atoms with Gasteiger partial charge in [-0.15, -0.1) is 0 Å². The van der Waals surface area contributed by atoms with Crippen LogP contribution in [0.1, 0.15) is 33.6 Å². The minimum Gasteiger partial charge on any atom is -0.466 e. The van der Waals surface area contributed by atoms with Gasteiger partial charge in [0.2, 0.25) is 0 Å². The van der Waals surface area contributed by atoms with E-state index in [4.69, 9.17) is 9.47 Å². The Morgan fingerprint density at radius 2 is 1.73 bits per heavy atom. The SMILES string of the molecule is CC(=O)OCCCC(C)OCOC(C)=O. The fourth-order valence-electron chi connectivity index (χ4n) is 0.903. The molecule has 0 aromatic heterocycles. The van der Waals surface area contributed by atoms with Gasteiger partial charge in [0.25, 0.3) is 0 Å². The highest BCUT2D eigenvalue weighted by Crippen LogP contribution is 2.02. The van der Waals surface area contributed by atoms with Gasteiger partial charge in [-0.25, -0.2) is 0 Å². The van der Waals surface area contributed by atoms with Gasteiger partial charge in [-0.1, -0.05) is 0 Å². The van der Waals surface area contributed by atoms with Crippen LogP contribution in [0.4, 0.5) is 0 Å². The third kappa shape index (κ3) is 10.8. The van der Waals surface area contributed by atoms with Crippen LogP contribution in [-0.4, -0.2) is 31.4 Å². The van der Waals surface area contributed by atoms with E-state index in [-0.39, 0.29) is 24.8 Å². The molecule has 5 nitrogen and oxygen atoms in total. The summed E-state index contributed by atoms with van der Waals surface area (Å²) in [5.74, 6) is -0.634. The highest BCUT2D eigenvalue weighted by Gasteiger charge is 2.03. The molecule has 1 atom stereocenters. The van der Waals surface area contributed by atoms with Crippen molar-refractivity contribution in [3.05, 3.63) is 0 Å². The van der Waals surface area contributed by atoms with Crippen molar-refractivity contribution < 1.29 is 23.8 Å². The van der Waals surface area contributed by atoms with E-state index in [1.54, 1.807) is 0 Å². The van der Waals surface area contributed by atoms with Crippen LogP contribution in [0.2, 0.25) is 0 Å². The van der Waals surface area contributed by atoms with Crippen molar-refractivity contribution in [1.29, 1.82) is 0 Å². The number of rotatable bonds is 7. The number of ether oxygens (including phenoxy) is 3. The predicted molar refractivity (Wildman–Crippen MR) is 53.0 cm³/mol. The van der Waals surface area contributed by atoms with Crippen molar-refractivity contribution in [1.82, 2.24) is 0 Å². The average molecular weight is 218 g/mol. The Morgan fingerprint density at radius 1 is 1.13 bits per heavy atom. The molecule has 0 spiro atoms. The van der Waals surface area contributed by atoms with Crippen LogP contribution in [0.15, 0.2) is 0 Å². The lowest BCUT2D eigenvalue weighted by atomic mass is 10.2. The molecule has 0 aliphatic heterocycles. The molecule has 0 aromatic rings. The molecule has 0 radical (unpaired) electrons. The summed E-state index contributed by atoms with van der Waals surface area (Å²) in [6, 6.07) is 0. The maximum Gasteiger partial charge on any atom is 0.304 e. The molecule has 0 fully saturated rings. The van der Waals surface area contributed by atoms with Crippen LogP contribution in [0.5, 0.6) is 0 Å². The van der Waals surface area contributed by atoms with E-state index in [1.807, 2.05) is 6.92 Å². The van der Waals surface area contributed by atoms with E-state index in [0.29, 0.717) is 6.61 Å². The van der Waals surface area contributed by atoms with Crippen molar-refractivity contribution in [3.8, 4) is 0 Å². The molecule has 0 amide bonds. The molecule has 5 heteroatoms. The molecular weight excluding hydrogens is 200 g/mol. The lowest BCUT2D eigenvalue weighted by Crippen LogP contribution is -2.14. The molecule has 0 saturated heterocycles. The zero-order valence-corrected chi connectivity index (χ0v) is 9.45. The molecule has 0 N–H and O–H groups in total. The molecule has 0 aromatic carbocycles. The molecule has 0 rings (SSSR count). The molecule has 0 heterocycles. The second kappa shape index (κ2) is 8.23. The normalized spacial score (nSPS) is 11.9. The number of hydrogen-bond donors (Lipinski definition) is 0. The second-order valence-corrected chi connectivity index (χ2v) is 3.21. The number of carbonyl (C=O) groups excluding carboxylic acids is 2. The third-order valence-electron chi connectivity index (χ3n) is 1.68. The van der Waals surface area contributed by atoms with Crippen molar-refractivity contribution in [2.45, 2.75) is 39.7 Å². The van der Waals surface area contributed by atoms with Crippen LogP contribution >= 0.6 is 0 Å². The Labute approximate surface area is 89.7 Å². The summed E-state index contributed by atoms with van der Waals surface area (Å²) in [5, 5.41) is 0. The van der Waals surface area contributed by atoms with E-state index < -0.39 is 0 Å². The van der Waals surface area contributed by atoms with Gasteiger partial charge in [0.15, 0.2) is 6.79 Å². The highest BCUT2D eigenvalue weighted by atomic mass is 16.7. The predicted octanol–water partition coefficient (Wildman–Crippen LogP) is 1.26. The minimum absolute atomic E-state index is 0.0140. The zero-order chi connectivity index (χ0) is 11.7. The Hall–Kier alpha value is -1.10. The summed E-state index contributed by atoms with van der Waals surface area (Å²) in [6.07, 6.45) is 1.48. The fourth-order valence-corrected chi connectivity index (χ4v) is 0.903. The Balaban J connectivity index is 3.29. The van der Waals surface area contributed by atoms with Crippen molar-refractivity contribution in [2.75, 3.05) is 13.4 Å². The second-order valence-electron chi connectivity index (χ2n) is 3.21. The topological polar surface area (TPSA) is 61.8 Å². The average Bonchev–Trinajstić information content (AvgIpc) is 2.11. The van der Waals surface area contributed by atoms with E-state index in [9.17, 15) is 9.59 Å². The van der Waals surface area contributed by atoms with Crippen LogP contribution in [0.3, 0.4) is 0 Å².